The van der Waals surface area contributed by atoms with E-state index >= 15 is 0 Å². The highest BCUT2D eigenvalue weighted by Gasteiger charge is 2.39. The molecule has 1 aromatic rings. The number of primary amides is 1. The van der Waals surface area contributed by atoms with Gasteiger partial charge >= 0.3 is 0 Å². The standard InChI is InChI=1S/C14H20N2O4S/c1-9-8-13(10(2)7-12(9)20-3)21(18,19)16-6-4-5-11(16)14(15)17/h7-8,11H,4-6H2,1-3H3,(H2,15,17)/t11-/m0/s1. The second-order valence-electron chi connectivity index (χ2n) is 5.26. The summed E-state index contributed by atoms with van der Waals surface area (Å²) in [4.78, 5) is 11.6. The molecular weight excluding hydrogens is 292 g/mol. The normalized spacial score (nSPS) is 19.7. The molecule has 1 heterocycles. The molecule has 6 nitrogen and oxygen atoms in total. The number of amides is 1. The fourth-order valence-corrected chi connectivity index (χ4v) is 4.66. The van der Waals surface area contributed by atoms with Crippen molar-refractivity contribution in [1.82, 2.24) is 4.31 Å². The number of carbonyl (C=O) groups excluding carboxylic acids is 1. The zero-order chi connectivity index (χ0) is 15.8. The summed E-state index contributed by atoms with van der Waals surface area (Å²) in [6.45, 7) is 3.82. The highest BCUT2D eigenvalue weighted by molar-refractivity contribution is 7.89. The molecule has 2 rings (SSSR count). The van der Waals surface area contributed by atoms with E-state index in [0.29, 0.717) is 30.7 Å². The second-order valence-corrected chi connectivity index (χ2v) is 7.12. The molecule has 0 spiro atoms. The summed E-state index contributed by atoms with van der Waals surface area (Å²) < 4.78 is 32.0. The minimum atomic E-state index is -3.73. The fourth-order valence-electron chi connectivity index (χ4n) is 2.70. The molecule has 1 aliphatic heterocycles. The average Bonchev–Trinajstić information content (AvgIpc) is 2.91. The summed E-state index contributed by atoms with van der Waals surface area (Å²) in [6.07, 6.45) is 1.11. The Labute approximate surface area is 124 Å². The number of rotatable bonds is 4. The summed E-state index contributed by atoms with van der Waals surface area (Å²) in [5.41, 5.74) is 6.63. The molecule has 1 atom stereocenters. The molecule has 1 aromatic carbocycles. The first-order chi connectivity index (χ1) is 9.78. The van der Waals surface area contributed by atoms with Crippen LogP contribution in [0.25, 0.3) is 0 Å². The quantitative estimate of drug-likeness (QED) is 0.896. The van der Waals surface area contributed by atoms with Gasteiger partial charge in [-0.2, -0.15) is 4.31 Å². The third kappa shape index (κ3) is 2.75. The Morgan fingerprint density at radius 2 is 2.00 bits per heavy atom. The van der Waals surface area contributed by atoms with Crippen LogP contribution in [-0.4, -0.2) is 38.3 Å². The maximum atomic E-state index is 12.8. The molecule has 1 amide bonds. The summed E-state index contributed by atoms with van der Waals surface area (Å²) in [5.74, 6) is 0.0401. The van der Waals surface area contributed by atoms with Gasteiger partial charge in [-0.3, -0.25) is 4.79 Å². The zero-order valence-corrected chi connectivity index (χ0v) is 13.2. The van der Waals surface area contributed by atoms with Gasteiger partial charge in [0.15, 0.2) is 0 Å². The monoisotopic (exact) mass is 312 g/mol. The van der Waals surface area contributed by atoms with Gasteiger partial charge in [0.25, 0.3) is 0 Å². The van der Waals surface area contributed by atoms with Crippen molar-refractivity contribution in [1.29, 1.82) is 0 Å². The Kier molecular flexibility index (Phi) is 4.25. The Balaban J connectivity index is 2.49. The number of benzene rings is 1. The SMILES string of the molecule is COc1cc(C)c(S(=O)(=O)N2CCC[C@H]2C(N)=O)cc1C. The Bertz CT molecular complexity index is 670. The van der Waals surface area contributed by atoms with Crippen molar-refractivity contribution in [3.63, 3.8) is 0 Å². The molecule has 116 valence electrons. The zero-order valence-electron chi connectivity index (χ0n) is 12.4. The van der Waals surface area contributed by atoms with Gasteiger partial charge in [0, 0.05) is 6.54 Å². The van der Waals surface area contributed by atoms with Crippen molar-refractivity contribution >= 4 is 15.9 Å². The van der Waals surface area contributed by atoms with Crippen molar-refractivity contribution in [2.45, 2.75) is 37.6 Å². The largest absolute Gasteiger partial charge is 0.496 e. The van der Waals surface area contributed by atoms with Gasteiger partial charge in [0.1, 0.15) is 11.8 Å². The lowest BCUT2D eigenvalue weighted by Crippen LogP contribution is -2.43. The predicted octanol–water partition coefficient (Wildman–Crippen LogP) is 0.950. The van der Waals surface area contributed by atoms with Crippen molar-refractivity contribution in [3.8, 4) is 5.75 Å². The molecule has 7 heteroatoms. The minimum Gasteiger partial charge on any atom is -0.496 e. The highest BCUT2D eigenvalue weighted by atomic mass is 32.2. The Morgan fingerprint density at radius 3 is 2.57 bits per heavy atom. The van der Waals surface area contributed by atoms with Gasteiger partial charge in [-0.25, -0.2) is 8.42 Å². The van der Waals surface area contributed by atoms with Crippen LogP contribution >= 0.6 is 0 Å². The van der Waals surface area contributed by atoms with Gasteiger partial charge in [0.2, 0.25) is 15.9 Å². The fraction of sp³-hybridized carbons (Fsp3) is 0.500. The lowest BCUT2D eigenvalue weighted by atomic mass is 10.1. The Hall–Kier alpha value is -1.60. The Morgan fingerprint density at radius 1 is 1.33 bits per heavy atom. The van der Waals surface area contributed by atoms with Gasteiger partial charge in [-0.1, -0.05) is 0 Å². The average molecular weight is 312 g/mol. The summed E-state index contributed by atoms with van der Waals surface area (Å²) in [6, 6.07) is 2.52. The molecule has 0 saturated carbocycles. The van der Waals surface area contributed by atoms with E-state index in [1.165, 1.54) is 4.31 Å². The molecule has 1 saturated heterocycles. The molecule has 1 aliphatic rings. The van der Waals surface area contributed by atoms with Crippen LogP contribution < -0.4 is 10.5 Å². The number of carbonyl (C=O) groups is 1. The first-order valence-corrected chi connectivity index (χ1v) is 8.19. The minimum absolute atomic E-state index is 0.203. The number of nitrogens with two attached hydrogens (primary N) is 1. The topological polar surface area (TPSA) is 89.7 Å². The molecule has 2 N–H and O–H groups in total. The number of ether oxygens (including phenoxy) is 1. The van der Waals surface area contributed by atoms with E-state index in [1.54, 1.807) is 33.1 Å². The third-order valence-electron chi connectivity index (χ3n) is 3.81. The van der Waals surface area contributed by atoms with Crippen LogP contribution in [0.2, 0.25) is 0 Å². The van der Waals surface area contributed by atoms with Crippen LogP contribution in [0.3, 0.4) is 0 Å². The molecule has 0 unspecified atom stereocenters. The van der Waals surface area contributed by atoms with Gasteiger partial charge in [-0.05, 0) is 49.9 Å². The van der Waals surface area contributed by atoms with E-state index in [2.05, 4.69) is 0 Å². The van der Waals surface area contributed by atoms with E-state index < -0.39 is 22.0 Å². The molecule has 0 aliphatic carbocycles. The maximum absolute atomic E-state index is 12.8. The van der Waals surface area contributed by atoms with Crippen molar-refractivity contribution in [3.05, 3.63) is 23.3 Å². The van der Waals surface area contributed by atoms with Crippen LogP contribution in [-0.2, 0) is 14.8 Å². The van der Waals surface area contributed by atoms with Crippen molar-refractivity contribution < 1.29 is 17.9 Å². The second kappa shape index (κ2) is 5.65. The van der Waals surface area contributed by atoms with Crippen LogP contribution in [0.15, 0.2) is 17.0 Å². The molecule has 0 bridgehead atoms. The molecular formula is C14H20N2O4S. The first-order valence-electron chi connectivity index (χ1n) is 6.75. The van der Waals surface area contributed by atoms with Crippen molar-refractivity contribution in [2.75, 3.05) is 13.7 Å². The maximum Gasteiger partial charge on any atom is 0.244 e. The molecule has 0 radical (unpaired) electrons. The number of methoxy groups -OCH3 is 1. The van der Waals surface area contributed by atoms with Crippen LogP contribution in [0.5, 0.6) is 5.75 Å². The summed E-state index contributed by atoms with van der Waals surface area (Å²) >= 11 is 0. The molecule has 0 aromatic heterocycles. The number of hydrogen-bond donors (Lipinski definition) is 1. The first kappa shape index (κ1) is 15.8. The summed E-state index contributed by atoms with van der Waals surface area (Å²) in [5, 5.41) is 0. The van der Waals surface area contributed by atoms with Crippen LogP contribution in [0, 0.1) is 13.8 Å². The molecule has 1 fully saturated rings. The van der Waals surface area contributed by atoms with Crippen LogP contribution in [0.4, 0.5) is 0 Å². The van der Waals surface area contributed by atoms with E-state index in [9.17, 15) is 13.2 Å². The third-order valence-corrected chi connectivity index (χ3v) is 5.86. The van der Waals surface area contributed by atoms with Crippen molar-refractivity contribution in [2.24, 2.45) is 5.73 Å². The lowest BCUT2D eigenvalue weighted by molar-refractivity contribution is -0.121. The number of nitrogens with zero attached hydrogens (tertiary/aromatic N) is 1. The molecule has 21 heavy (non-hydrogen) atoms. The number of hydrogen-bond acceptors (Lipinski definition) is 4. The van der Waals surface area contributed by atoms with Gasteiger partial charge < -0.3 is 10.5 Å². The van der Waals surface area contributed by atoms with E-state index in [-0.39, 0.29) is 4.90 Å². The highest BCUT2D eigenvalue weighted by Crippen LogP contribution is 2.31. The van der Waals surface area contributed by atoms with Gasteiger partial charge in [-0.15, -0.1) is 0 Å². The smallest absolute Gasteiger partial charge is 0.244 e. The van der Waals surface area contributed by atoms with Gasteiger partial charge in [0.05, 0.1) is 12.0 Å². The number of aryl methyl sites for hydroxylation is 2. The lowest BCUT2D eigenvalue weighted by Gasteiger charge is -2.23. The number of sulfonamides is 1. The van der Waals surface area contributed by atoms with Crippen LogP contribution in [0.1, 0.15) is 24.0 Å². The predicted molar refractivity (Wildman–Crippen MR) is 78.6 cm³/mol. The van der Waals surface area contributed by atoms with E-state index in [4.69, 9.17) is 10.5 Å². The van der Waals surface area contributed by atoms with E-state index in [1.807, 2.05) is 0 Å². The van der Waals surface area contributed by atoms with E-state index in [0.717, 1.165) is 5.56 Å². The summed E-state index contributed by atoms with van der Waals surface area (Å²) in [7, 11) is -2.19.